The fraction of sp³-hybridized carbons (Fsp3) is 0.455. The van der Waals surface area contributed by atoms with Gasteiger partial charge in [-0.3, -0.25) is 4.79 Å². The van der Waals surface area contributed by atoms with Gasteiger partial charge >= 0.3 is 11.9 Å². The number of hydrogen-bond donors (Lipinski definition) is 1. The van der Waals surface area contributed by atoms with E-state index < -0.39 is 5.97 Å². The Labute approximate surface area is 98.9 Å². The molecule has 17 heavy (non-hydrogen) atoms. The smallest absolute Gasteiger partial charge is 0.374 e. The maximum atomic E-state index is 11.3. The van der Waals surface area contributed by atoms with Crippen molar-refractivity contribution < 1.29 is 23.5 Å². The Morgan fingerprint density at radius 2 is 2.12 bits per heavy atom. The molecule has 1 heterocycles. The zero-order valence-electron chi connectivity index (χ0n) is 9.82. The highest BCUT2D eigenvalue weighted by atomic mass is 16.5. The first-order valence-corrected chi connectivity index (χ1v) is 5.11. The van der Waals surface area contributed by atoms with E-state index in [2.05, 4.69) is 14.8 Å². The molecule has 1 rings (SSSR count). The maximum Gasteiger partial charge on any atom is 0.374 e. The second-order valence-electron chi connectivity index (χ2n) is 3.27. The van der Waals surface area contributed by atoms with Gasteiger partial charge in [0.05, 0.1) is 26.9 Å². The number of nitrogens with one attached hydrogen (secondary N) is 1. The SMILES string of the molecule is COC(=O)CCNCc1ccoc1C(=O)OC. The predicted octanol–water partition coefficient (Wildman–Crippen LogP) is 0.719. The van der Waals surface area contributed by atoms with E-state index in [1.807, 2.05) is 0 Å². The van der Waals surface area contributed by atoms with Crippen LogP contribution < -0.4 is 5.32 Å². The quantitative estimate of drug-likeness (QED) is 0.584. The molecule has 0 saturated carbocycles. The Hall–Kier alpha value is -1.82. The molecule has 6 nitrogen and oxygen atoms in total. The Bertz CT molecular complexity index is 385. The van der Waals surface area contributed by atoms with Crippen molar-refractivity contribution in [2.24, 2.45) is 0 Å². The van der Waals surface area contributed by atoms with Crippen molar-refractivity contribution in [3.8, 4) is 0 Å². The summed E-state index contributed by atoms with van der Waals surface area (Å²) in [5.74, 6) is -0.615. The lowest BCUT2D eigenvalue weighted by atomic mass is 10.2. The van der Waals surface area contributed by atoms with Crippen molar-refractivity contribution in [2.45, 2.75) is 13.0 Å². The van der Waals surface area contributed by atoms with Gasteiger partial charge in [0.25, 0.3) is 0 Å². The summed E-state index contributed by atoms with van der Waals surface area (Å²) in [5.41, 5.74) is 0.696. The van der Waals surface area contributed by atoms with E-state index in [0.29, 0.717) is 18.7 Å². The van der Waals surface area contributed by atoms with E-state index in [0.717, 1.165) is 0 Å². The highest BCUT2D eigenvalue weighted by Gasteiger charge is 2.15. The molecule has 1 aromatic rings. The number of carbonyl (C=O) groups excluding carboxylic acids is 2. The molecule has 0 aliphatic heterocycles. The molecule has 0 spiro atoms. The summed E-state index contributed by atoms with van der Waals surface area (Å²) < 4.78 is 14.1. The number of rotatable bonds is 6. The average molecular weight is 241 g/mol. The molecule has 1 N–H and O–H groups in total. The van der Waals surface area contributed by atoms with Crippen molar-refractivity contribution in [1.82, 2.24) is 5.32 Å². The van der Waals surface area contributed by atoms with Crippen LogP contribution in [0.2, 0.25) is 0 Å². The van der Waals surface area contributed by atoms with Gasteiger partial charge in [-0.25, -0.2) is 4.79 Å². The van der Waals surface area contributed by atoms with Crippen molar-refractivity contribution in [3.63, 3.8) is 0 Å². The molecule has 0 bridgehead atoms. The summed E-state index contributed by atoms with van der Waals surface area (Å²) in [4.78, 5) is 22.1. The molecule has 0 saturated heterocycles. The summed E-state index contributed by atoms with van der Waals surface area (Å²) in [5, 5.41) is 3.00. The van der Waals surface area contributed by atoms with Crippen LogP contribution in [-0.4, -0.2) is 32.7 Å². The first kappa shape index (κ1) is 13.2. The topological polar surface area (TPSA) is 77.8 Å². The summed E-state index contributed by atoms with van der Waals surface area (Å²) in [7, 11) is 2.63. The lowest BCUT2D eigenvalue weighted by Gasteiger charge is -2.03. The molecule has 0 unspecified atom stereocenters. The van der Waals surface area contributed by atoms with E-state index in [-0.39, 0.29) is 18.2 Å². The highest BCUT2D eigenvalue weighted by molar-refractivity contribution is 5.87. The van der Waals surface area contributed by atoms with Crippen molar-refractivity contribution in [1.29, 1.82) is 0 Å². The second-order valence-corrected chi connectivity index (χ2v) is 3.27. The number of furan rings is 1. The molecule has 0 atom stereocenters. The maximum absolute atomic E-state index is 11.3. The van der Waals surface area contributed by atoms with E-state index >= 15 is 0 Å². The van der Waals surface area contributed by atoms with E-state index in [1.165, 1.54) is 20.5 Å². The third-order valence-corrected chi connectivity index (χ3v) is 2.17. The third kappa shape index (κ3) is 3.92. The molecule has 0 radical (unpaired) electrons. The number of carbonyl (C=O) groups is 2. The largest absolute Gasteiger partial charge is 0.469 e. The van der Waals surface area contributed by atoms with E-state index in [4.69, 9.17) is 4.42 Å². The van der Waals surface area contributed by atoms with E-state index in [1.54, 1.807) is 6.07 Å². The van der Waals surface area contributed by atoms with Gasteiger partial charge in [-0.2, -0.15) is 0 Å². The first-order chi connectivity index (χ1) is 8.19. The molecule has 0 amide bonds. The molecule has 0 aliphatic carbocycles. The molecule has 0 fully saturated rings. The molecular weight excluding hydrogens is 226 g/mol. The lowest BCUT2D eigenvalue weighted by Crippen LogP contribution is -2.19. The van der Waals surface area contributed by atoms with Gasteiger partial charge in [-0.05, 0) is 6.07 Å². The van der Waals surface area contributed by atoms with Gasteiger partial charge < -0.3 is 19.2 Å². The third-order valence-electron chi connectivity index (χ3n) is 2.17. The molecule has 94 valence electrons. The van der Waals surface area contributed by atoms with E-state index in [9.17, 15) is 9.59 Å². The molecular formula is C11H15NO5. The minimum absolute atomic E-state index is 0.179. The van der Waals surface area contributed by atoms with Gasteiger partial charge in [0.1, 0.15) is 0 Å². The number of ether oxygens (including phenoxy) is 2. The van der Waals surface area contributed by atoms with Crippen molar-refractivity contribution in [3.05, 3.63) is 23.7 Å². The predicted molar refractivity (Wildman–Crippen MR) is 58.4 cm³/mol. The highest BCUT2D eigenvalue weighted by Crippen LogP contribution is 2.11. The molecule has 6 heteroatoms. The number of esters is 2. The monoisotopic (exact) mass is 241 g/mol. The van der Waals surface area contributed by atoms with Crippen LogP contribution in [0.15, 0.2) is 16.7 Å². The zero-order valence-corrected chi connectivity index (χ0v) is 9.82. The van der Waals surface area contributed by atoms with Crippen LogP contribution in [0.5, 0.6) is 0 Å². The van der Waals surface area contributed by atoms with Gasteiger partial charge in [0.2, 0.25) is 5.76 Å². The second kappa shape index (κ2) is 6.70. The average Bonchev–Trinajstić information content (AvgIpc) is 2.81. The van der Waals surface area contributed by atoms with Crippen LogP contribution in [0.25, 0.3) is 0 Å². The van der Waals surface area contributed by atoms with Gasteiger partial charge in [-0.1, -0.05) is 0 Å². The number of hydrogen-bond acceptors (Lipinski definition) is 6. The van der Waals surface area contributed by atoms with Gasteiger partial charge in [0, 0.05) is 18.7 Å². The Morgan fingerprint density at radius 1 is 1.35 bits per heavy atom. The van der Waals surface area contributed by atoms with Crippen LogP contribution in [0.1, 0.15) is 22.5 Å². The summed E-state index contributed by atoms with van der Waals surface area (Å²) >= 11 is 0. The summed E-state index contributed by atoms with van der Waals surface area (Å²) in [6.07, 6.45) is 1.70. The zero-order chi connectivity index (χ0) is 12.7. The van der Waals surface area contributed by atoms with Crippen LogP contribution in [0.4, 0.5) is 0 Å². The van der Waals surface area contributed by atoms with Crippen LogP contribution >= 0.6 is 0 Å². The minimum atomic E-state index is -0.514. The fourth-order valence-corrected chi connectivity index (χ4v) is 1.26. The Morgan fingerprint density at radius 3 is 2.76 bits per heavy atom. The normalized spacial score (nSPS) is 10.0. The fourth-order valence-electron chi connectivity index (χ4n) is 1.26. The standard InChI is InChI=1S/C11H15NO5/c1-15-9(13)3-5-12-7-8-4-6-17-10(8)11(14)16-2/h4,6,12H,3,5,7H2,1-2H3. The Kier molecular flexibility index (Phi) is 5.22. The molecule has 1 aromatic heterocycles. The van der Waals surface area contributed by atoms with Gasteiger partial charge in [0.15, 0.2) is 0 Å². The molecule has 0 aliphatic rings. The first-order valence-electron chi connectivity index (χ1n) is 5.11. The van der Waals surface area contributed by atoms with Gasteiger partial charge in [-0.15, -0.1) is 0 Å². The summed E-state index contributed by atoms with van der Waals surface area (Å²) in [6.45, 7) is 0.899. The van der Waals surface area contributed by atoms with Crippen LogP contribution in [0, 0.1) is 0 Å². The van der Waals surface area contributed by atoms with Crippen molar-refractivity contribution >= 4 is 11.9 Å². The minimum Gasteiger partial charge on any atom is -0.469 e. The van der Waals surface area contributed by atoms with Crippen LogP contribution in [-0.2, 0) is 20.8 Å². The summed E-state index contributed by atoms with van der Waals surface area (Å²) in [6, 6.07) is 1.68. The lowest BCUT2D eigenvalue weighted by molar-refractivity contribution is -0.140. The number of methoxy groups -OCH3 is 2. The molecule has 0 aromatic carbocycles. The van der Waals surface area contributed by atoms with Crippen molar-refractivity contribution in [2.75, 3.05) is 20.8 Å². The van der Waals surface area contributed by atoms with Crippen LogP contribution in [0.3, 0.4) is 0 Å². The Balaban J connectivity index is 2.39.